The first kappa shape index (κ1) is 24.1. The van der Waals surface area contributed by atoms with E-state index in [0.717, 1.165) is 16.5 Å². The molecule has 0 saturated carbocycles. The van der Waals surface area contributed by atoms with Crippen LogP contribution in [0.4, 0.5) is 10.1 Å². The number of halogens is 1. The van der Waals surface area contributed by atoms with E-state index in [1.54, 1.807) is 19.1 Å². The number of rotatable bonds is 6. The van der Waals surface area contributed by atoms with Crippen LogP contribution in [0.15, 0.2) is 60.4 Å². The molecule has 0 radical (unpaired) electrons. The summed E-state index contributed by atoms with van der Waals surface area (Å²) in [6, 6.07) is 9.23. The van der Waals surface area contributed by atoms with Crippen LogP contribution in [0, 0.1) is 19.7 Å². The molecule has 0 aliphatic rings. The number of ether oxygens (including phenoxy) is 2. The number of pyridine rings is 3. The zero-order valence-electron chi connectivity index (χ0n) is 20.1. The van der Waals surface area contributed by atoms with Gasteiger partial charge in [0.2, 0.25) is 0 Å². The fourth-order valence-electron chi connectivity index (χ4n) is 3.78. The predicted molar refractivity (Wildman–Crippen MR) is 139 cm³/mol. The third-order valence-corrected chi connectivity index (χ3v) is 6.69. The highest BCUT2D eigenvalue weighted by Crippen LogP contribution is 2.38. The van der Waals surface area contributed by atoms with E-state index in [0.29, 0.717) is 33.8 Å². The van der Waals surface area contributed by atoms with E-state index in [-0.39, 0.29) is 22.7 Å². The van der Waals surface area contributed by atoms with Crippen LogP contribution in [-0.2, 0) is 0 Å². The standard InChI is InChI=1S/C27H21FN4O4S/c1-14-8-23(37-13-14)24-15(2)30-12-18(26(24)33)27(34)32-16-4-5-21(19(28)9-16)36-22-6-7-29-20-10-17(35-3)11-31-25(20)22/h4-13H,1-3H3,(H,30,33)(H,32,34). The number of aryl methyl sites for hydroxylation is 2. The van der Waals surface area contributed by atoms with Crippen molar-refractivity contribution < 1.29 is 23.8 Å². The van der Waals surface area contributed by atoms with E-state index < -0.39 is 11.7 Å². The molecule has 4 heterocycles. The fourth-order valence-corrected chi connectivity index (χ4v) is 4.77. The molecule has 1 aromatic carbocycles. The average Bonchev–Trinajstić information content (AvgIpc) is 3.31. The highest BCUT2D eigenvalue weighted by molar-refractivity contribution is 7.13. The quantitative estimate of drug-likeness (QED) is 0.274. The number of amides is 1. The molecule has 8 nitrogen and oxygen atoms in total. The first-order valence-corrected chi connectivity index (χ1v) is 12.0. The van der Waals surface area contributed by atoms with E-state index in [1.165, 1.54) is 49.2 Å². The van der Waals surface area contributed by atoms with Crippen molar-refractivity contribution in [2.45, 2.75) is 13.8 Å². The Hall–Kier alpha value is -4.57. The maximum Gasteiger partial charge on any atom is 0.261 e. The lowest BCUT2D eigenvalue weighted by Gasteiger charge is -2.13. The summed E-state index contributed by atoms with van der Waals surface area (Å²) in [6.07, 6.45) is 4.35. The molecule has 37 heavy (non-hydrogen) atoms. The lowest BCUT2D eigenvalue weighted by atomic mass is 10.1. The summed E-state index contributed by atoms with van der Waals surface area (Å²) in [4.78, 5) is 26.5. The van der Waals surface area contributed by atoms with Crippen LogP contribution in [0.25, 0.3) is 21.5 Å². The topological polar surface area (TPSA) is 106 Å². The van der Waals surface area contributed by atoms with Crippen molar-refractivity contribution in [1.29, 1.82) is 0 Å². The monoisotopic (exact) mass is 516 g/mol. The molecule has 0 aliphatic heterocycles. The molecule has 4 aromatic heterocycles. The van der Waals surface area contributed by atoms with Crippen molar-refractivity contribution in [3.8, 4) is 33.4 Å². The van der Waals surface area contributed by atoms with E-state index in [4.69, 9.17) is 9.47 Å². The fraction of sp³-hybridized carbons (Fsp3) is 0.111. The van der Waals surface area contributed by atoms with Gasteiger partial charge in [-0.2, -0.15) is 0 Å². The van der Waals surface area contributed by atoms with Gasteiger partial charge in [0, 0.05) is 46.9 Å². The van der Waals surface area contributed by atoms with Crippen LogP contribution >= 0.6 is 11.3 Å². The molecule has 0 aliphatic carbocycles. The molecule has 0 fully saturated rings. The second kappa shape index (κ2) is 9.82. The number of fused-ring (bicyclic) bond motifs is 1. The van der Waals surface area contributed by atoms with Crippen molar-refractivity contribution in [1.82, 2.24) is 15.0 Å². The maximum absolute atomic E-state index is 14.9. The van der Waals surface area contributed by atoms with Gasteiger partial charge in [-0.05, 0) is 43.0 Å². The lowest BCUT2D eigenvalue weighted by Crippen LogP contribution is -2.13. The second-order valence-corrected chi connectivity index (χ2v) is 9.13. The molecular formula is C27H21FN4O4S. The summed E-state index contributed by atoms with van der Waals surface area (Å²) < 4.78 is 25.9. The highest BCUT2D eigenvalue weighted by atomic mass is 32.1. The van der Waals surface area contributed by atoms with Crippen LogP contribution in [0.1, 0.15) is 21.6 Å². The molecule has 0 unspecified atom stereocenters. The molecule has 0 spiro atoms. The lowest BCUT2D eigenvalue weighted by molar-refractivity contribution is 0.102. The first-order valence-electron chi connectivity index (χ1n) is 11.2. The minimum absolute atomic E-state index is 0.0165. The predicted octanol–water partition coefficient (Wildman–Crippen LogP) is 6.27. The minimum atomic E-state index is -0.697. The van der Waals surface area contributed by atoms with Crippen LogP contribution < -0.4 is 14.8 Å². The van der Waals surface area contributed by atoms with Gasteiger partial charge in [0.15, 0.2) is 17.3 Å². The molecule has 2 N–H and O–H groups in total. The number of aromatic nitrogens is 3. The van der Waals surface area contributed by atoms with Crippen molar-refractivity contribution in [2.24, 2.45) is 0 Å². The van der Waals surface area contributed by atoms with E-state index in [2.05, 4.69) is 20.3 Å². The number of carbonyl (C=O) groups excluding carboxylic acids is 1. The Balaban J connectivity index is 1.38. The van der Waals surface area contributed by atoms with Gasteiger partial charge < -0.3 is 19.9 Å². The molecule has 1 amide bonds. The molecular weight excluding hydrogens is 495 g/mol. The number of hydrogen-bond donors (Lipinski definition) is 2. The Morgan fingerprint density at radius 1 is 1.05 bits per heavy atom. The summed E-state index contributed by atoms with van der Waals surface area (Å²) in [6.45, 7) is 3.71. The Kier molecular flexibility index (Phi) is 6.41. The van der Waals surface area contributed by atoms with Crippen molar-refractivity contribution in [3.05, 3.63) is 83.0 Å². The van der Waals surface area contributed by atoms with E-state index in [9.17, 15) is 14.3 Å². The molecule has 186 valence electrons. The van der Waals surface area contributed by atoms with Crippen LogP contribution in [-0.4, -0.2) is 33.1 Å². The molecule has 0 saturated heterocycles. The van der Waals surface area contributed by atoms with E-state index >= 15 is 0 Å². The minimum Gasteiger partial charge on any atom is -0.506 e. The van der Waals surface area contributed by atoms with Gasteiger partial charge in [-0.15, -0.1) is 11.3 Å². The van der Waals surface area contributed by atoms with Gasteiger partial charge in [-0.1, -0.05) is 0 Å². The zero-order valence-corrected chi connectivity index (χ0v) is 20.9. The number of methoxy groups -OCH3 is 1. The van der Waals surface area contributed by atoms with Gasteiger partial charge >= 0.3 is 0 Å². The number of nitrogens with zero attached hydrogens (tertiary/aromatic N) is 3. The number of carbonyl (C=O) groups is 1. The van der Waals surface area contributed by atoms with Gasteiger partial charge in [-0.25, -0.2) is 9.37 Å². The molecule has 5 rings (SSSR count). The number of hydrogen-bond acceptors (Lipinski definition) is 8. The van der Waals surface area contributed by atoms with Gasteiger partial charge in [0.05, 0.1) is 24.4 Å². The number of anilines is 1. The maximum atomic E-state index is 14.9. The summed E-state index contributed by atoms with van der Waals surface area (Å²) in [5, 5.41) is 15.4. The SMILES string of the molecule is COc1cnc2c(Oc3ccc(NC(=O)c4cnc(C)c(-c5cc(C)cs5)c4O)cc3F)ccnc2c1. The highest BCUT2D eigenvalue weighted by Gasteiger charge is 2.20. The number of aromatic hydroxyl groups is 1. The Bertz CT molecular complexity index is 1650. The van der Waals surface area contributed by atoms with Crippen molar-refractivity contribution in [3.63, 3.8) is 0 Å². The summed E-state index contributed by atoms with van der Waals surface area (Å²) in [7, 11) is 1.53. The second-order valence-electron chi connectivity index (χ2n) is 8.22. The number of nitrogens with one attached hydrogen (secondary N) is 1. The van der Waals surface area contributed by atoms with Gasteiger partial charge in [0.25, 0.3) is 5.91 Å². The first-order chi connectivity index (χ1) is 17.8. The Morgan fingerprint density at radius 2 is 1.89 bits per heavy atom. The molecule has 5 aromatic rings. The molecule has 10 heteroatoms. The van der Waals surface area contributed by atoms with Gasteiger partial charge in [-0.3, -0.25) is 14.8 Å². The van der Waals surface area contributed by atoms with E-state index in [1.807, 2.05) is 18.4 Å². The van der Waals surface area contributed by atoms with Crippen LogP contribution in [0.3, 0.4) is 0 Å². The third kappa shape index (κ3) is 4.78. The van der Waals surface area contributed by atoms with Crippen LogP contribution in [0.5, 0.6) is 23.0 Å². The van der Waals surface area contributed by atoms with Crippen molar-refractivity contribution in [2.75, 3.05) is 12.4 Å². The third-order valence-electron chi connectivity index (χ3n) is 5.62. The molecule has 0 bridgehead atoms. The zero-order chi connectivity index (χ0) is 26.1. The summed E-state index contributed by atoms with van der Waals surface area (Å²) in [5.74, 6) is -0.700. The normalized spacial score (nSPS) is 10.9. The van der Waals surface area contributed by atoms with Crippen LogP contribution in [0.2, 0.25) is 0 Å². The number of benzene rings is 1. The summed E-state index contributed by atoms with van der Waals surface area (Å²) in [5.41, 5.74) is 3.28. The summed E-state index contributed by atoms with van der Waals surface area (Å²) >= 11 is 1.45. The average molecular weight is 517 g/mol. The van der Waals surface area contributed by atoms with Gasteiger partial charge in [0.1, 0.15) is 22.6 Å². The molecule has 0 atom stereocenters. The van der Waals surface area contributed by atoms with Crippen molar-refractivity contribution >= 4 is 34.0 Å². The smallest absolute Gasteiger partial charge is 0.261 e. The Morgan fingerprint density at radius 3 is 2.62 bits per heavy atom. The number of thiophene rings is 1. The Labute approximate surface area is 215 Å². The largest absolute Gasteiger partial charge is 0.506 e.